The lowest BCUT2D eigenvalue weighted by molar-refractivity contribution is -0.135. The van der Waals surface area contributed by atoms with Gasteiger partial charge >= 0.3 is 0 Å². The van der Waals surface area contributed by atoms with E-state index in [9.17, 15) is 9.18 Å². The molecule has 3 heterocycles. The van der Waals surface area contributed by atoms with Gasteiger partial charge in [-0.05, 0) is 50.8 Å². The SMILES string of the molecule is Cc1cc2nccc([C@@H]3CCCCN3C(=O)CCCOc3ccccc3F)n2n1. The summed E-state index contributed by atoms with van der Waals surface area (Å²) in [6.45, 7) is 2.99. The lowest BCUT2D eigenvalue weighted by Crippen LogP contribution is -2.39. The average molecular weight is 396 g/mol. The minimum Gasteiger partial charge on any atom is -0.491 e. The van der Waals surface area contributed by atoms with Crippen LogP contribution < -0.4 is 4.74 Å². The van der Waals surface area contributed by atoms with Crippen molar-refractivity contribution in [2.75, 3.05) is 13.2 Å². The number of rotatable bonds is 6. The number of hydrogen-bond donors (Lipinski definition) is 0. The fraction of sp³-hybridized carbons (Fsp3) is 0.409. The van der Waals surface area contributed by atoms with Crippen molar-refractivity contribution in [2.24, 2.45) is 0 Å². The summed E-state index contributed by atoms with van der Waals surface area (Å²) < 4.78 is 21.0. The molecule has 1 aliphatic rings. The number of benzene rings is 1. The Kier molecular flexibility index (Phi) is 5.74. The molecule has 1 aromatic carbocycles. The normalized spacial score (nSPS) is 16.9. The Labute approximate surface area is 169 Å². The van der Waals surface area contributed by atoms with Gasteiger partial charge in [-0.15, -0.1) is 0 Å². The zero-order valence-electron chi connectivity index (χ0n) is 16.6. The maximum Gasteiger partial charge on any atom is 0.223 e. The zero-order valence-corrected chi connectivity index (χ0v) is 16.6. The van der Waals surface area contributed by atoms with Gasteiger partial charge in [-0.25, -0.2) is 13.9 Å². The van der Waals surface area contributed by atoms with Gasteiger partial charge in [0, 0.05) is 25.2 Å². The van der Waals surface area contributed by atoms with Crippen LogP contribution in [0.1, 0.15) is 49.5 Å². The number of piperidine rings is 1. The Morgan fingerprint density at radius 1 is 1.28 bits per heavy atom. The molecular formula is C22H25FN4O2. The van der Waals surface area contributed by atoms with E-state index < -0.39 is 0 Å². The smallest absolute Gasteiger partial charge is 0.223 e. The maximum atomic E-state index is 13.6. The monoisotopic (exact) mass is 396 g/mol. The van der Waals surface area contributed by atoms with Crippen LogP contribution in [0.3, 0.4) is 0 Å². The molecule has 152 valence electrons. The van der Waals surface area contributed by atoms with Crippen molar-refractivity contribution in [2.45, 2.75) is 45.1 Å². The van der Waals surface area contributed by atoms with E-state index in [-0.39, 0.29) is 23.5 Å². The Morgan fingerprint density at radius 2 is 2.14 bits per heavy atom. The van der Waals surface area contributed by atoms with Gasteiger partial charge in [-0.3, -0.25) is 4.79 Å². The number of para-hydroxylation sites is 1. The molecule has 4 rings (SSSR count). The second-order valence-electron chi connectivity index (χ2n) is 7.41. The van der Waals surface area contributed by atoms with Crippen LogP contribution in [0.15, 0.2) is 42.6 Å². The summed E-state index contributed by atoms with van der Waals surface area (Å²) in [6.07, 6.45) is 5.69. The van der Waals surface area contributed by atoms with E-state index in [1.807, 2.05) is 28.5 Å². The molecule has 1 aliphatic heterocycles. The Hall–Kier alpha value is -2.96. The average Bonchev–Trinajstić information content (AvgIpc) is 3.12. The van der Waals surface area contributed by atoms with E-state index in [2.05, 4.69) is 10.1 Å². The van der Waals surface area contributed by atoms with E-state index in [0.29, 0.717) is 19.4 Å². The maximum absolute atomic E-state index is 13.6. The number of fused-ring (bicyclic) bond motifs is 1. The van der Waals surface area contributed by atoms with Crippen molar-refractivity contribution in [1.82, 2.24) is 19.5 Å². The summed E-state index contributed by atoms with van der Waals surface area (Å²) in [4.78, 5) is 19.3. The second kappa shape index (κ2) is 8.59. The number of ether oxygens (including phenoxy) is 1. The second-order valence-corrected chi connectivity index (χ2v) is 7.41. The number of carbonyl (C=O) groups excluding carboxylic acids is 1. The minimum atomic E-state index is -0.383. The van der Waals surface area contributed by atoms with Gasteiger partial charge in [0.15, 0.2) is 17.2 Å². The summed E-state index contributed by atoms with van der Waals surface area (Å²) in [5.41, 5.74) is 2.71. The van der Waals surface area contributed by atoms with Crippen molar-refractivity contribution in [3.8, 4) is 5.75 Å². The molecule has 0 bridgehead atoms. The van der Waals surface area contributed by atoms with Gasteiger partial charge in [0.2, 0.25) is 5.91 Å². The van der Waals surface area contributed by atoms with Crippen LogP contribution in [0.5, 0.6) is 5.75 Å². The fourth-order valence-corrected chi connectivity index (χ4v) is 3.93. The topological polar surface area (TPSA) is 59.7 Å². The lowest BCUT2D eigenvalue weighted by Gasteiger charge is -2.36. The van der Waals surface area contributed by atoms with Crippen LogP contribution in [0, 0.1) is 12.7 Å². The van der Waals surface area contributed by atoms with Gasteiger partial charge in [-0.1, -0.05) is 12.1 Å². The number of aromatic nitrogens is 3. The highest BCUT2D eigenvalue weighted by molar-refractivity contribution is 5.76. The largest absolute Gasteiger partial charge is 0.491 e. The molecule has 29 heavy (non-hydrogen) atoms. The van der Waals surface area contributed by atoms with Crippen LogP contribution in [-0.4, -0.2) is 38.6 Å². The number of hydrogen-bond acceptors (Lipinski definition) is 4. The third-order valence-corrected chi connectivity index (χ3v) is 5.30. The van der Waals surface area contributed by atoms with E-state index in [1.54, 1.807) is 24.4 Å². The predicted octanol–water partition coefficient (Wildman–Crippen LogP) is 4.09. The van der Waals surface area contributed by atoms with Crippen molar-refractivity contribution in [3.05, 3.63) is 59.8 Å². The first-order valence-electron chi connectivity index (χ1n) is 10.1. The number of carbonyl (C=O) groups is 1. The van der Waals surface area contributed by atoms with Gasteiger partial charge in [-0.2, -0.15) is 5.10 Å². The number of amides is 1. The Bertz CT molecular complexity index is 1000. The molecule has 0 spiro atoms. The molecule has 3 aromatic rings. The number of nitrogens with zero attached hydrogens (tertiary/aromatic N) is 4. The van der Waals surface area contributed by atoms with E-state index in [0.717, 1.165) is 42.8 Å². The molecular weight excluding hydrogens is 371 g/mol. The predicted molar refractivity (Wildman–Crippen MR) is 107 cm³/mol. The molecule has 7 heteroatoms. The summed E-state index contributed by atoms with van der Waals surface area (Å²) in [7, 11) is 0. The number of likely N-dealkylation sites (tertiary alicyclic amines) is 1. The van der Waals surface area contributed by atoms with Crippen LogP contribution in [0.2, 0.25) is 0 Å². The number of halogens is 1. The molecule has 6 nitrogen and oxygen atoms in total. The number of aryl methyl sites for hydroxylation is 1. The van der Waals surface area contributed by atoms with Gasteiger partial charge in [0.05, 0.1) is 24.0 Å². The van der Waals surface area contributed by atoms with E-state index >= 15 is 0 Å². The van der Waals surface area contributed by atoms with Crippen molar-refractivity contribution >= 4 is 11.6 Å². The third kappa shape index (κ3) is 4.23. The molecule has 0 unspecified atom stereocenters. The Balaban J connectivity index is 1.42. The third-order valence-electron chi connectivity index (χ3n) is 5.30. The quantitative estimate of drug-likeness (QED) is 0.589. The first kappa shape index (κ1) is 19.4. The summed E-state index contributed by atoms with van der Waals surface area (Å²) in [6, 6.07) is 10.2. The highest BCUT2D eigenvalue weighted by Gasteiger charge is 2.29. The zero-order chi connectivity index (χ0) is 20.2. The fourth-order valence-electron chi connectivity index (χ4n) is 3.93. The molecule has 1 saturated heterocycles. The van der Waals surface area contributed by atoms with Crippen molar-refractivity contribution in [3.63, 3.8) is 0 Å². The van der Waals surface area contributed by atoms with Crippen LogP contribution in [0.25, 0.3) is 5.65 Å². The Morgan fingerprint density at radius 3 is 3.00 bits per heavy atom. The van der Waals surface area contributed by atoms with Crippen molar-refractivity contribution in [1.29, 1.82) is 0 Å². The van der Waals surface area contributed by atoms with Crippen LogP contribution in [0.4, 0.5) is 4.39 Å². The molecule has 1 atom stereocenters. The molecule has 0 N–H and O–H groups in total. The van der Waals surface area contributed by atoms with Gasteiger partial charge in [0.25, 0.3) is 0 Å². The van der Waals surface area contributed by atoms with Gasteiger partial charge < -0.3 is 9.64 Å². The lowest BCUT2D eigenvalue weighted by atomic mass is 9.98. The summed E-state index contributed by atoms with van der Waals surface area (Å²) in [5.74, 6) is -0.0594. The van der Waals surface area contributed by atoms with E-state index in [1.165, 1.54) is 6.07 Å². The molecule has 2 aromatic heterocycles. The first-order chi connectivity index (χ1) is 14.1. The van der Waals surface area contributed by atoms with Crippen LogP contribution >= 0.6 is 0 Å². The van der Waals surface area contributed by atoms with Crippen LogP contribution in [-0.2, 0) is 4.79 Å². The minimum absolute atomic E-state index is 0.00599. The summed E-state index contributed by atoms with van der Waals surface area (Å²) in [5, 5.41) is 4.56. The first-order valence-corrected chi connectivity index (χ1v) is 10.1. The van der Waals surface area contributed by atoms with Crippen molar-refractivity contribution < 1.29 is 13.9 Å². The highest BCUT2D eigenvalue weighted by atomic mass is 19.1. The van der Waals surface area contributed by atoms with E-state index in [4.69, 9.17) is 4.74 Å². The van der Waals surface area contributed by atoms with Gasteiger partial charge in [0.1, 0.15) is 0 Å². The molecule has 1 fully saturated rings. The highest BCUT2D eigenvalue weighted by Crippen LogP contribution is 2.31. The molecule has 1 amide bonds. The molecule has 0 aliphatic carbocycles. The molecule has 0 saturated carbocycles. The molecule has 0 radical (unpaired) electrons. The standard InChI is InChI=1S/C22H25FN4O2/c1-16-15-21-24-12-11-19(27(21)25-16)18-8-4-5-13-26(18)22(28)10-6-14-29-20-9-3-2-7-17(20)23/h2-3,7,9,11-12,15,18H,4-6,8,10,13-14H2,1H3/t18-/m0/s1. The summed E-state index contributed by atoms with van der Waals surface area (Å²) >= 11 is 0.